The molecule has 1 aromatic heterocycles. The second-order valence-electron chi connectivity index (χ2n) is 5.48. The monoisotopic (exact) mass is 376 g/mol. The van der Waals surface area contributed by atoms with Gasteiger partial charge in [0, 0.05) is 12.6 Å². The molecule has 1 atom stereocenters. The van der Waals surface area contributed by atoms with Crippen molar-refractivity contribution >= 4 is 45.4 Å². The number of hydrogen-bond acceptors (Lipinski definition) is 6. The van der Waals surface area contributed by atoms with E-state index in [-0.39, 0.29) is 17.4 Å². The first-order valence-electron chi connectivity index (χ1n) is 7.72. The molecule has 0 spiro atoms. The number of carbonyl (C=O) groups excluding carboxylic acids is 3. The van der Waals surface area contributed by atoms with Crippen molar-refractivity contribution < 1.29 is 19.1 Å². The molecule has 5 N–H and O–H groups in total. The van der Waals surface area contributed by atoms with Crippen LogP contribution in [0.3, 0.4) is 0 Å². The quantitative estimate of drug-likeness (QED) is 0.590. The van der Waals surface area contributed by atoms with Crippen molar-refractivity contribution in [3.8, 4) is 5.75 Å². The Labute approximate surface area is 154 Å². The molecule has 2 rings (SSSR count). The van der Waals surface area contributed by atoms with Crippen LogP contribution in [0.2, 0.25) is 0 Å². The standard InChI is InChI=1S/C17H20N4O4S/c1-9(16(24)21-17-12(15(18)23)6-7-26-17)19-13-8-11(20-10(2)22)4-5-14(13)25-3/h4-9,19H,1-3H3,(H2,18,23)(H,20,22)(H,21,24)/t9-/m0/s1. The van der Waals surface area contributed by atoms with Crippen LogP contribution in [0.1, 0.15) is 24.2 Å². The second-order valence-corrected chi connectivity index (χ2v) is 6.40. The normalized spacial score (nSPS) is 11.3. The molecule has 0 aliphatic carbocycles. The third-order valence-electron chi connectivity index (χ3n) is 3.45. The largest absolute Gasteiger partial charge is 0.495 e. The van der Waals surface area contributed by atoms with E-state index in [0.29, 0.717) is 22.1 Å². The molecule has 0 aliphatic heterocycles. The molecule has 0 saturated heterocycles. The number of ether oxygens (including phenoxy) is 1. The first kappa shape index (κ1) is 19.3. The lowest BCUT2D eigenvalue weighted by Crippen LogP contribution is -2.32. The van der Waals surface area contributed by atoms with Crippen LogP contribution >= 0.6 is 11.3 Å². The number of benzene rings is 1. The highest BCUT2D eigenvalue weighted by molar-refractivity contribution is 7.14. The summed E-state index contributed by atoms with van der Waals surface area (Å²) in [7, 11) is 1.51. The maximum atomic E-state index is 12.4. The molecule has 26 heavy (non-hydrogen) atoms. The number of thiophene rings is 1. The molecular weight excluding hydrogens is 356 g/mol. The molecule has 0 bridgehead atoms. The van der Waals surface area contributed by atoms with Gasteiger partial charge in [0.2, 0.25) is 11.8 Å². The van der Waals surface area contributed by atoms with E-state index in [1.807, 2.05) is 0 Å². The molecule has 1 heterocycles. The van der Waals surface area contributed by atoms with Crippen LogP contribution in [-0.4, -0.2) is 30.9 Å². The highest BCUT2D eigenvalue weighted by atomic mass is 32.1. The first-order valence-corrected chi connectivity index (χ1v) is 8.60. The van der Waals surface area contributed by atoms with Gasteiger partial charge in [-0.05, 0) is 36.6 Å². The number of rotatable bonds is 7. The van der Waals surface area contributed by atoms with Gasteiger partial charge in [-0.25, -0.2) is 0 Å². The Morgan fingerprint density at radius 2 is 1.92 bits per heavy atom. The van der Waals surface area contributed by atoms with Gasteiger partial charge in [-0.1, -0.05) is 0 Å². The smallest absolute Gasteiger partial charge is 0.251 e. The van der Waals surface area contributed by atoms with Crippen molar-refractivity contribution in [3.05, 3.63) is 35.2 Å². The van der Waals surface area contributed by atoms with Gasteiger partial charge in [-0.3, -0.25) is 14.4 Å². The summed E-state index contributed by atoms with van der Waals surface area (Å²) >= 11 is 1.21. The lowest BCUT2D eigenvalue weighted by atomic mass is 10.2. The number of hydrogen-bond donors (Lipinski definition) is 4. The summed E-state index contributed by atoms with van der Waals surface area (Å²) in [5, 5.41) is 10.5. The lowest BCUT2D eigenvalue weighted by Gasteiger charge is -2.18. The van der Waals surface area contributed by atoms with Gasteiger partial charge in [-0.15, -0.1) is 11.3 Å². The number of anilines is 3. The fourth-order valence-electron chi connectivity index (χ4n) is 2.22. The molecule has 8 nitrogen and oxygen atoms in total. The summed E-state index contributed by atoms with van der Waals surface area (Å²) in [6, 6.07) is 5.97. The minimum atomic E-state index is -0.640. The van der Waals surface area contributed by atoms with Gasteiger partial charge in [-0.2, -0.15) is 0 Å². The molecule has 9 heteroatoms. The number of primary amides is 1. The number of nitrogens with one attached hydrogen (secondary N) is 3. The van der Waals surface area contributed by atoms with E-state index in [1.165, 1.54) is 25.4 Å². The number of methoxy groups -OCH3 is 1. The Balaban J connectivity index is 2.13. The van der Waals surface area contributed by atoms with Crippen LogP contribution in [0.5, 0.6) is 5.75 Å². The number of amides is 3. The van der Waals surface area contributed by atoms with Crippen LogP contribution in [0.25, 0.3) is 0 Å². The topological polar surface area (TPSA) is 123 Å². The van der Waals surface area contributed by atoms with Crippen LogP contribution < -0.4 is 26.4 Å². The Morgan fingerprint density at radius 1 is 1.19 bits per heavy atom. The highest BCUT2D eigenvalue weighted by Gasteiger charge is 2.18. The summed E-state index contributed by atoms with van der Waals surface area (Å²) < 4.78 is 5.28. The Hall–Kier alpha value is -3.07. The summed E-state index contributed by atoms with van der Waals surface area (Å²) in [6.45, 7) is 3.07. The fourth-order valence-corrected chi connectivity index (χ4v) is 3.02. The van der Waals surface area contributed by atoms with E-state index in [4.69, 9.17) is 10.5 Å². The van der Waals surface area contributed by atoms with Gasteiger partial charge in [0.25, 0.3) is 5.91 Å². The molecule has 3 amide bonds. The third-order valence-corrected chi connectivity index (χ3v) is 4.28. The van der Waals surface area contributed by atoms with E-state index < -0.39 is 11.9 Å². The van der Waals surface area contributed by atoms with Crippen LogP contribution in [0.4, 0.5) is 16.4 Å². The Bertz CT molecular complexity index is 834. The maximum absolute atomic E-state index is 12.4. The summed E-state index contributed by atoms with van der Waals surface area (Å²) in [5.41, 5.74) is 6.66. The van der Waals surface area contributed by atoms with Gasteiger partial charge in [0.05, 0.1) is 18.4 Å². The predicted molar refractivity (Wildman–Crippen MR) is 102 cm³/mol. The molecule has 0 unspecified atom stereocenters. The second kappa shape index (κ2) is 8.34. The zero-order valence-corrected chi connectivity index (χ0v) is 15.4. The van der Waals surface area contributed by atoms with Crippen LogP contribution in [0, 0.1) is 0 Å². The average molecular weight is 376 g/mol. The number of carbonyl (C=O) groups is 3. The number of nitrogens with two attached hydrogens (primary N) is 1. The van der Waals surface area contributed by atoms with Crippen LogP contribution in [-0.2, 0) is 9.59 Å². The van der Waals surface area contributed by atoms with E-state index in [0.717, 1.165) is 0 Å². The Kier molecular flexibility index (Phi) is 6.18. The van der Waals surface area contributed by atoms with Crippen molar-refractivity contribution in [2.24, 2.45) is 5.73 Å². The summed E-state index contributed by atoms with van der Waals surface area (Å²) in [5.74, 6) is -0.634. The van der Waals surface area contributed by atoms with Gasteiger partial charge in [0.15, 0.2) is 0 Å². The zero-order valence-electron chi connectivity index (χ0n) is 14.6. The van der Waals surface area contributed by atoms with Crippen LogP contribution in [0.15, 0.2) is 29.6 Å². The minimum Gasteiger partial charge on any atom is -0.495 e. The van der Waals surface area contributed by atoms with E-state index >= 15 is 0 Å². The zero-order chi connectivity index (χ0) is 19.3. The molecule has 0 saturated carbocycles. The lowest BCUT2D eigenvalue weighted by molar-refractivity contribution is -0.116. The molecule has 138 valence electrons. The molecule has 0 radical (unpaired) electrons. The Morgan fingerprint density at radius 3 is 2.54 bits per heavy atom. The molecule has 0 aliphatic rings. The summed E-state index contributed by atoms with van der Waals surface area (Å²) in [6.07, 6.45) is 0. The molecular formula is C17H20N4O4S. The van der Waals surface area contributed by atoms with Crippen molar-refractivity contribution in [2.75, 3.05) is 23.1 Å². The molecule has 1 aromatic carbocycles. The minimum absolute atomic E-state index is 0.205. The van der Waals surface area contributed by atoms with E-state index in [9.17, 15) is 14.4 Å². The average Bonchev–Trinajstić information content (AvgIpc) is 3.03. The van der Waals surface area contributed by atoms with Gasteiger partial charge >= 0.3 is 0 Å². The van der Waals surface area contributed by atoms with Crippen molar-refractivity contribution in [3.63, 3.8) is 0 Å². The highest BCUT2D eigenvalue weighted by Crippen LogP contribution is 2.29. The van der Waals surface area contributed by atoms with Crippen molar-refractivity contribution in [1.29, 1.82) is 0 Å². The van der Waals surface area contributed by atoms with Crippen molar-refractivity contribution in [1.82, 2.24) is 0 Å². The summed E-state index contributed by atoms with van der Waals surface area (Å²) in [4.78, 5) is 35.0. The van der Waals surface area contributed by atoms with E-state index in [1.54, 1.807) is 36.6 Å². The van der Waals surface area contributed by atoms with Gasteiger partial charge in [0.1, 0.15) is 16.8 Å². The predicted octanol–water partition coefficient (Wildman–Crippen LogP) is 2.25. The van der Waals surface area contributed by atoms with Crippen molar-refractivity contribution in [2.45, 2.75) is 19.9 Å². The SMILES string of the molecule is COc1ccc(NC(C)=O)cc1N[C@@H](C)C(=O)Nc1sccc1C(N)=O. The molecule has 0 fully saturated rings. The fraction of sp³-hybridized carbons (Fsp3) is 0.235. The van der Waals surface area contributed by atoms with Gasteiger partial charge < -0.3 is 26.4 Å². The maximum Gasteiger partial charge on any atom is 0.251 e. The first-order chi connectivity index (χ1) is 12.3. The third kappa shape index (κ3) is 4.73. The van der Waals surface area contributed by atoms with E-state index in [2.05, 4.69) is 16.0 Å². The molecule has 2 aromatic rings.